The summed E-state index contributed by atoms with van der Waals surface area (Å²) in [6.07, 6.45) is -3.50. The van der Waals surface area contributed by atoms with Gasteiger partial charge in [-0.05, 0) is 30.0 Å². The van der Waals surface area contributed by atoms with Crippen LogP contribution in [0.3, 0.4) is 0 Å². The summed E-state index contributed by atoms with van der Waals surface area (Å²) in [4.78, 5) is 0. The summed E-state index contributed by atoms with van der Waals surface area (Å²) < 4.78 is 37.5. The van der Waals surface area contributed by atoms with Gasteiger partial charge in [0.1, 0.15) is 0 Å². The Labute approximate surface area is 99.3 Å². The van der Waals surface area contributed by atoms with E-state index in [0.717, 1.165) is 25.0 Å². The predicted molar refractivity (Wildman–Crippen MR) is 60.5 cm³/mol. The van der Waals surface area contributed by atoms with Crippen molar-refractivity contribution in [2.45, 2.75) is 39.0 Å². The maximum Gasteiger partial charge on any atom is 0.416 e. The van der Waals surface area contributed by atoms with Crippen molar-refractivity contribution < 1.29 is 18.3 Å². The molecule has 1 rings (SSSR count). The molecule has 0 aromatic heterocycles. The van der Waals surface area contributed by atoms with Gasteiger partial charge in [0.05, 0.1) is 11.7 Å². The highest BCUT2D eigenvalue weighted by atomic mass is 19.4. The molecule has 0 aliphatic rings. The molecule has 0 fully saturated rings. The van der Waals surface area contributed by atoms with Crippen molar-refractivity contribution in [1.29, 1.82) is 0 Å². The fraction of sp³-hybridized carbons (Fsp3) is 0.538. The summed E-state index contributed by atoms with van der Waals surface area (Å²) in [5.74, 6) is -0.0384. The van der Waals surface area contributed by atoms with Crippen molar-refractivity contribution in [3.05, 3.63) is 35.4 Å². The largest absolute Gasteiger partial charge is 0.416 e. The highest BCUT2D eigenvalue weighted by Gasteiger charge is 2.31. The van der Waals surface area contributed by atoms with E-state index in [1.807, 2.05) is 13.8 Å². The maximum absolute atomic E-state index is 12.5. The van der Waals surface area contributed by atoms with Crippen LogP contribution in [0.2, 0.25) is 0 Å². The average molecular weight is 246 g/mol. The van der Waals surface area contributed by atoms with Crippen LogP contribution in [0.5, 0.6) is 0 Å². The molecule has 0 aliphatic carbocycles. The summed E-state index contributed by atoms with van der Waals surface area (Å²) in [5.41, 5.74) is -0.376. The lowest BCUT2D eigenvalue weighted by Crippen LogP contribution is -2.11. The van der Waals surface area contributed by atoms with Crippen LogP contribution in [-0.4, -0.2) is 5.11 Å². The molecule has 1 aromatic rings. The molecular formula is C13H17F3O. The molecule has 0 heterocycles. The SMILES string of the molecule is CCCC(C)C(O)c1cccc(C(F)(F)F)c1. The third-order valence-electron chi connectivity index (χ3n) is 2.84. The molecule has 0 saturated heterocycles. The fourth-order valence-electron chi connectivity index (χ4n) is 1.84. The first-order chi connectivity index (χ1) is 7.86. The standard InChI is InChI=1S/C13H17F3O/c1-3-5-9(2)12(17)10-6-4-7-11(8-10)13(14,15)16/h4,6-9,12,17H,3,5H2,1-2H3. The van der Waals surface area contributed by atoms with E-state index in [-0.39, 0.29) is 5.92 Å². The zero-order chi connectivity index (χ0) is 13.1. The molecule has 1 N–H and O–H groups in total. The Hall–Kier alpha value is -1.03. The van der Waals surface area contributed by atoms with E-state index in [9.17, 15) is 18.3 Å². The lowest BCUT2D eigenvalue weighted by molar-refractivity contribution is -0.137. The van der Waals surface area contributed by atoms with E-state index in [2.05, 4.69) is 0 Å². The molecule has 0 amide bonds. The molecule has 0 bridgehead atoms. The normalized spacial score (nSPS) is 15.6. The van der Waals surface area contributed by atoms with Crippen LogP contribution in [0.25, 0.3) is 0 Å². The lowest BCUT2D eigenvalue weighted by Gasteiger charge is -2.19. The van der Waals surface area contributed by atoms with E-state index in [4.69, 9.17) is 0 Å². The number of benzene rings is 1. The summed E-state index contributed by atoms with van der Waals surface area (Å²) in [6.45, 7) is 3.82. The average Bonchev–Trinajstić information content (AvgIpc) is 2.27. The van der Waals surface area contributed by atoms with Crippen LogP contribution in [0.4, 0.5) is 13.2 Å². The zero-order valence-corrected chi connectivity index (χ0v) is 9.96. The van der Waals surface area contributed by atoms with E-state index in [0.29, 0.717) is 5.56 Å². The Bertz CT molecular complexity index is 360. The van der Waals surface area contributed by atoms with Gasteiger partial charge in [-0.1, -0.05) is 32.4 Å². The van der Waals surface area contributed by atoms with Gasteiger partial charge in [-0.25, -0.2) is 0 Å². The Kier molecular flexibility index (Phi) is 4.57. The molecule has 0 aliphatic heterocycles. The van der Waals surface area contributed by atoms with Gasteiger partial charge in [0.25, 0.3) is 0 Å². The van der Waals surface area contributed by atoms with Gasteiger partial charge >= 0.3 is 6.18 Å². The van der Waals surface area contributed by atoms with E-state index < -0.39 is 17.8 Å². The minimum atomic E-state index is -4.36. The predicted octanol–water partition coefficient (Wildman–Crippen LogP) is 4.18. The quantitative estimate of drug-likeness (QED) is 0.845. The van der Waals surface area contributed by atoms with Crippen LogP contribution in [-0.2, 0) is 6.18 Å². The molecule has 17 heavy (non-hydrogen) atoms. The summed E-state index contributed by atoms with van der Waals surface area (Å²) in [5, 5.41) is 9.94. The van der Waals surface area contributed by atoms with Gasteiger partial charge in [-0.2, -0.15) is 13.2 Å². The molecule has 4 heteroatoms. The van der Waals surface area contributed by atoms with Crippen molar-refractivity contribution in [2.24, 2.45) is 5.92 Å². The number of hydrogen-bond acceptors (Lipinski definition) is 1. The third kappa shape index (κ3) is 3.73. The zero-order valence-electron chi connectivity index (χ0n) is 9.96. The van der Waals surface area contributed by atoms with Gasteiger partial charge in [0.2, 0.25) is 0 Å². The van der Waals surface area contributed by atoms with Crippen molar-refractivity contribution in [3.63, 3.8) is 0 Å². The first-order valence-electron chi connectivity index (χ1n) is 5.71. The molecule has 0 radical (unpaired) electrons. The Morgan fingerprint density at radius 2 is 1.94 bits per heavy atom. The molecule has 2 unspecified atom stereocenters. The van der Waals surface area contributed by atoms with Gasteiger partial charge in [-0.15, -0.1) is 0 Å². The minimum Gasteiger partial charge on any atom is -0.388 e. The minimum absolute atomic E-state index is 0.0384. The highest BCUT2D eigenvalue weighted by Crippen LogP contribution is 2.32. The number of alkyl halides is 3. The first kappa shape index (κ1) is 14.0. The summed E-state index contributed by atoms with van der Waals surface area (Å²) in [6, 6.07) is 4.91. The first-order valence-corrected chi connectivity index (χ1v) is 5.71. The Balaban J connectivity index is 2.92. The number of halogens is 3. The van der Waals surface area contributed by atoms with E-state index >= 15 is 0 Å². The van der Waals surface area contributed by atoms with Crippen LogP contribution in [0.15, 0.2) is 24.3 Å². The second kappa shape index (κ2) is 5.54. The molecule has 1 aromatic carbocycles. The molecular weight excluding hydrogens is 229 g/mol. The third-order valence-corrected chi connectivity index (χ3v) is 2.84. The van der Waals surface area contributed by atoms with Crippen LogP contribution in [0.1, 0.15) is 43.9 Å². The monoisotopic (exact) mass is 246 g/mol. The lowest BCUT2D eigenvalue weighted by atomic mass is 9.93. The maximum atomic E-state index is 12.5. The molecule has 2 atom stereocenters. The number of hydrogen-bond donors (Lipinski definition) is 1. The smallest absolute Gasteiger partial charge is 0.388 e. The topological polar surface area (TPSA) is 20.2 Å². The second-order valence-electron chi connectivity index (χ2n) is 4.33. The second-order valence-corrected chi connectivity index (χ2v) is 4.33. The van der Waals surface area contributed by atoms with Crippen LogP contribution in [0, 0.1) is 5.92 Å². The van der Waals surface area contributed by atoms with Gasteiger partial charge in [-0.3, -0.25) is 0 Å². The number of rotatable bonds is 4. The highest BCUT2D eigenvalue weighted by molar-refractivity contribution is 5.27. The molecule has 1 nitrogen and oxygen atoms in total. The van der Waals surface area contributed by atoms with Gasteiger partial charge in [0, 0.05) is 0 Å². The van der Waals surface area contributed by atoms with Crippen molar-refractivity contribution >= 4 is 0 Å². The van der Waals surface area contributed by atoms with E-state index in [1.54, 1.807) is 0 Å². The summed E-state index contributed by atoms with van der Waals surface area (Å²) >= 11 is 0. The van der Waals surface area contributed by atoms with Crippen LogP contribution >= 0.6 is 0 Å². The number of aliphatic hydroxyl groups is 1. The van der Waals surface area contributed by atoms with Crippen LogP contribution < -0.4 is 0 Å². The van der Waals surface area contributed by atoms with Gasteiger partial charge in [0.15, 0.2) is 0 Å². The molecule has 0 spiro atoms. The fourth-order valence-corrected chi connectivity index (χ4v) is 1.84. The Morgan fingerprint density at radius 1 is 1.29 bits per heavy atom. The van der Waals surface area contributed by atoms with E-state index in [1.165, 1.54) is 12.1 Å². The Morgan fingerprint density at radius 3 is 2.47 bits per heavy atom. The van der Waals surface area contributed by atoms with Crippen molar-refractivity contribution in [2.75, 3.05) is 0 Å². The number of aliphatic hydroxyl groups excluding tert-OH is 1. The molecule has 0 saturated carbocycles. The summed E-state index contributed by atoms with van der Waals surface area (Å²) in [7, 11) is 0. The van der Waals surface area contributed by atoms with Crippen molar-refractivity contribution in [1.82, 2.24) is 0 Å². The van der Waals surface area contributed by atoms with Crippen molar-refractivity contribution in [3.8, 4) is 0 Å². The molecule has 96 valence electrons. The van der Waals surface area contributed by atoms with Gasteiger partial charge < -0.3 is 5.11 Å².